The van der Waals surface area contributed by atoms with Gasteiger partial charge in [-0.05, 0) is 13.8 Å². The highest BCUT2D eigenvalue weighted by molar-refractivity contribution is 5.80. The molecule has 3 heteroatoms. The van der Waals surface area contributed by atoms with Crippen LogP contribution < -0.4 is 0 Å². The number of ether oxygens (including phenoxy) is 2. The first-order chi connectivity index (χ1) is 5.66. The van der Waals surface area contributed by atoms with Crippen LogP contribution in [-0.4, -0.2) is 31.2 Å². The van der Waals surface area contributed by atoms with Crippen molar-refractivity contribution in [1.29, 1.82) is 0 Å². The van der Waals surface area contributed by atoms with Gasteiger partial charge in [0.15, 0.2) is 0 Å². The fourth-order valence-corrected chi connectivity index (χ4v) is 1.38. The second-order valence-corrected chi connectivity index (χ2v) is 3.40. The smallest absolute Gasteiger partial charge is 0.138 e. The molecule has 0 spiro atoms. The van der Waals surface area contributed by atoms with Crippen molar-refractivity contribution in [2.45, 2.75) is 32.3 Å². The van der Waals surface area contributed by atoms with E-state index in [-0.39, 0.29) is 11.4 Å². The standard InChI is InChI=1S/C9H16O3/c1-3-11-7-9(2)6-8(10)4-5-12-9/h3-7H2,1-2H3. The number of Topliss-reactive ketones (excluding diaryl/α,β-unsaturated/α-hetero) is 1. The second-order valence-electron chi connectivity index (χ2n) is 3.40. The topological polar surface area (TPSA) is 35.5 Å². The molecule has 0 aliphatic carbocycles. The van der Waals surface area contributed by atoms with E-state index in [9.17, 15) is 4.79 Å². The minimum absolute atomic E-state index is 0.281. The van der Waals surface area contributed by atoms with E-state index < -0.39 is 0 Å². The Labute approximate surface area is 73.0 Å². The lowest BCUT2D eigenvalue weighted by Gasteiger charge is -2.32. The summed E-state index contributed by atoms with van der Waals surface area (Å²) in [7, 11) is 0. The minimum Gasteiger partial charge on any atom is -0.379 e. The number of hydrogen-bond donors (Lipinski definition) is 0. The van der Waals surface area contributed by atoms with Gasteiger partial charge in [0, 0.05) is 19.4 Å². The van der Waals surface area contributed by atoms with Crippen LogP contribution in [0.25, 0.3) is 0 Å². The monoisotopic (exact) mass is 172 g/mol. The van der Waals surface area contributed by atoms with Gasteiger partial charge in [-0.3, -0.25) is 4.79 Å². The summed E-state index contributed by atoms with van der Waals surface area (Å²) in [5.41, 5.74) is -0.370. The van der Waals surface area contributed by atoms with E-state index in [0.717, 1.165) is 0 Å². The highest BCUT2D eigenvalue weighted by Crippen LogP contribution is 2.22. The molecule has 70 valence electrons. The molecule has 0 aromatic heterocycles. The molecule has 1 aliphatic heterocycles. The average molecular weight is 172 g/mol. The molecule has 1 heterocycles. The Hall–Kier alpha value is -0.410. The summed E-state index contributed by atoms with van der Waals surface area (Å²) < 4.78 is 10.7. The molecule has 1 saturated heterocycles. The zero-order valence-corrected chi connectivity index (χ0v) is 7.76. The normalized spacial score (nSPS) is 30.7. The van der Waals surface area contributed by atoms with Crippen LogP contribution in [0.5, 0.6) is 0 Å². The predicted octanol–water partition coefficient (Wildman–Crippen LogP) is 1.16. The molecule has 0 saturated carbocycles. The van der Waals surface area contributed by atoms with Crippen molar-refractivity contribution in [2.24, 2.45) is 0 Å². The van der Waals surface area contributed by atoms with Crippen molar-refractivity contribution in [3.05, 3.63) is 0 Å². The minimum atomic E-state index is -0.370. The number of hydrogen-bond acceptors (Lipinski definition) is 3. The van der Waals surface area contributed by atoms with Gasteiger partial charge in [-0.2, -0.15) is 0 Å². The number of ketones is 1. The van der Waals surface area contributed by atoms with Gasteiger partial charge in [0.1, 0.15) is 5.78 Å². The Morgan fingerprint density at radius 3 is 3.00 bits per heavy atom. The Balaban J connectivity index is 2.40. The van der Waals surface area contributed by atoms with E-state index >= 15 is 0 Å². The third-order valence-electron chi connectivity index (χ3n) is 2.01. The molecular formula is C9H16O3. The van der Waals surface area contributed by atoms with Crippen LogP contribution >= 0.6 is 0 Å². The SMILES string of the molecule is CCOCC1(C)CC(=O)CCO1. The molecule has 1 rings (SSSR count). The van der Waals surface area contributed by atoms with E-state index in [0.29, 0.717) is 32.7 Å². The van der Waals surface area contributed by atoms with E-state index in [1.807, 2.05) is 13.8 Å². The summed E-state index contributed by atoms with van der Waals surface area (Å²) in [4.78, 5) is 11.1. The lowest BCUT2D eigenvalue weighted by Crippen LogP contribution is -2.41. The molecule has 0 aromatic rings. The van der Waals surface area contributed by atoms with Gasteiger partial charge in [-0.1, -0.05) is 0 Å². The Morgan fingerprint density at radius 2 is 2.42 bits per heavy atom. The molecule has 0 aromatic carbocycles. The van der Waals surface area contributed by atoms with Gasteiger partial charge in [0.2, 0.25) is 0 Å². The van der Waals surface area contributed by atoms with Gasteiger partial charge < -0.3 is 9.47 Å². The van der Waals surface area contributed by atoms with E-state index in [1.54, 1.807) is 0 Å². The van der Waals surface area contributed by atoms with Gasteiger partial charge in [-0.15, -0.1) is 0 Å². The van der Waals surface area contributed by atoms with Crippen LogP contribution in [0.1, 0.15) is 26.7 Å². The average Bonchev–Trinajstić information content (AvgIpc) is 2.01. The highest BCUT2D eigenvalue weighted by atomic mass is 16.5. The maximum Gasteiger partial charge on any atom is 0.138 e. The summed E-state index contributed by atoms with van der Waals surface area (Å²) >= 11 is 0. The maximum atomic E-state index is 11.1. The van der Waals surface area contributed by atoms with Crippen LogP contribution in [0.3, 0.4) is 0 Å². The van der Waals surface area contributed by atoms with E-state index in [1.165, 1.54) is 0 Å². The first-order valence-electron chi connectivity index (χ1n) is 4.40. The Bertz CT molecular complexity index is 167. The third kappa shape index (κ3) is 2.57. The summed E-state index contributed by atoms with van der Waals surface area (Å²) in [6.45, 7) is 5.61. The Morgan fingerprint density at radius 1 is 1.67 bits per heavy atom. The van der Waals surface area contributed by atoms with Gasteiger partial charge in [0.25, 0.3) is 0 Å². The van der Waals surface area contributed by atoms with Crippen molar-refractivity contribution in [2.75, 3.05) is 19.8 Å². The fourth-order valence-electron chi connectivity index (χ4n) is 1.38. The van der Waals surface area contributed by atoms with Crippen molar-refractivity contribution >= 4 is 5.78 Å². The number of carbonyl (C=O) groups is 1. The summed E-state index contributed by atoms with van der Waals surface area (Å²) in [5.74, 6) is 0.281. The Kier molecular flexibility index (Phi) is 3.23. The number of rotatable bonds is 3. The summed E-state index contributed by atoms with van der Waals surface area (Å²) in [5, 5.41) is 0. The van der Waals surface area contributed by atoms with Crippen molar-refractivity contribution in [3.8, 4) is 0 Å². The molecule has 0 bridgehead atoms. The second kappa shape index (κ2) is 4.01. The summed E-state index contributed by atoms with van der Waals surface area (Å²) in [6, 6.07) is 0. The molecule has 0 radical (unpaired) electrons. The van der Waals surface area contributed by atoms with Crippen LogP contribution in [0.2, 0.25) is 0 Å². The van der Waals surface area contributed by atoms with Crippen molar-refractivity contribution in [1.82, 2.24) is 0 Å². The zero-order chi connectivity index (χ0) is 9.03. The lowest BCUT2D eigenvalue weighted by atomic mass is 9.96. The summed E-state index contributed by atoms with van der Waals surface area (Å²) in [6.07, 6.45) is 1.05. The van der Waals surface area contributed by atoms with Gasteiger partial charge in [0.05, 0.1) is 18.8 Å². The first kappa shape index (κ1) is 9.68. The molecule has 12 heavy (non-hydrogen) atoms. The lowest BCUT2D eigenvalue weighted by molar-refractivity contribution is -0.146. The van der Waals surface area contributed by atoms with Crippen LogP contribution in [0.4, 0.5) is 0 Å². The largest absolute Gasteiger partial charge is 0.379 e. The molecule has 1 atom stereocenters. The molecule has 3 nitrogen and oxygen atoms in total. The van der Waals surface area contributed by atoms with Crippen LogP contribution in [-0.2, 0) is 14.3 Å². The molecule has 1 aliphatic rings. The maximum absolute atomic E-state index is 11.1. The predicted molar refractivity (Wildman–Crippen MR) is 45.1 cm³/mol. The molecular weight excluding hydrogens is 156 g/mol. The van der Waals surface area contributed by atoms with Crippen LogP contribution in [0, 0.1) is 0 Å². The van der Waals surface area contributed by atoms with Crippen LogP contribution in [0.15, 0.2) is 0 Å². The number of carbonyl (C=O) groups excluding carboxylic acids is 1. The van der Waals surface area contributed by atoms with E-state index in [2.05, 4.69) is 0 Å². The van der Waals surface area contributed by atoms with Crippen molar-refractivity contribution in [3.63, 3.8) is 0 Å². The third-order valence-corrected chi connectivity index (χ3v) is 2.01. The van der Waals surface area contributed by atoms with E-state index in [4.69, 9.17) is 9.47 Å². The van der Waals surface area contributed by atoms with Crippen molar-refractivity contribution < 1.29 is 14.3 Å². The molecule has 1 fully saturated rings. The fraction of sp³-hybridized carbons (Fsp3) is 0.889. The molecule has 0 amide bonds. The highest BCUT2D eigenvalue weighted by Gasteiger charge is 2.32. The zero-order valence-electron chi connectivity index (χ0n) is 7.76. The molecule has 1 unspecified atom stereocenters. The van der Waals surface area contributed by atoms with Gasteiger partial charge >= 0.3 is 0 Å². The molecule has 0 N–H and O–H groups in total. The van der Waals surface area contributed by atoms with Gasteiger partial charge in [-0.25, -0.2) is 0 Å². The quantitative estimate of drug-likeness (QED) is 0.641. The first-order valence-corrected chi connectivity index (χ1v) is 4.40.